The summed E-state index contributed by atoms with van der Waals surface area (Å²) >= 11 is 6.28. The van der Waals surface area contributed by atoms with Crippen molar-refractivity contribution in [2.45, 2.75) is 19.9 Å². The maximum Gasteiger partial charge on any atom is 0.253 e. The van der Waals surface area contributed by atoms with Gasteiger partial charge < -0.3 is 15.0 Å². The number of H-pyrrole nitrogens is 1. The van der Waals surface area contributed by atoms with E-state index in [4.69, 9.17) is 21.6 Å². The Morgan fingerprint density at radius 3 is 2.69 bits per heavy atom. The smallest absolute Gasteiger partial charge is 0.253 e. The van der Waals surface area contributed by atoms with Gasteiger partial charge >= 0.3 is 0 Å². The number of methoxy groups -OCH3 is 1. The van der Waals surface area contributed by atoms with Crippen LogP contribution in [0, 0.1) is 18.3 Å². The zero-order chi connectivity index (χ0) is 18.8. The van der Waals surface area contributed by atoms with Gasteiger partial charge in [-0.1, -0.05) is 11.6 Å². The van der Waals surface area contributed by atoms with E-state index in [1.54, 1.807) is 12.1 Å². The lowest BCUT2D eigenvalue weighted by Gasteiger charge is -2.17. The Labute approximate surface area is 156 Å². The molecule has 0 saturated heterocycles. The topological polar surface area (TPSA) is 77.9 Å². The van der Waals surface area contributed by atoms with E-state index >= 15 is 0 Å². The number of fused-ring (bicyclic) bond motifs is 1. The van der Waals surface area contributed by atoms with Crippen molar-refractivity contribution >= 4 is 28.2 Å². The molecule has 1 atom stereocenters. The fraction of sp³-hybridized carbons (Fsp3) is 0.200. The number of nitrogens with one attached hydrogen (secondary N) is 2. The highest BCUT2D eigenvalue weighted by Gasteiger charge is 2.14. The summed E-state index contributed by atoms with van der Waals surface area (Å²) in [5, 5.41) is 13.6. The van der Waals surface area contributed by atoms with Crippen LogP contribution >= 0.6 is 11.6 Å². The number of halogens is 1. The molecule has 0 bridgehead atoms. The molecule has 3 aromatic rings. The lowest BCUT2D eigenvalue weighted by molar-refractivity contribution is 0.415. The third kappa shape index (κ3) is 3.24. The van der Waals surface area contributed by atoms with E-state index in [2.05, 4.69) is 16.4 Å². The molecular weight excluding hydrogens is 350 g/mol. The van der Waals surface area contributed by atoms with Gasteiger partial charge in [-0.2, -0.15) is 5.26 Å². The molecule has 0 fully saturated rings. The molecule has 0 amide bonds. The third-order valence-electron chi connectivity index (χ3n) is 4.37. The SMILES string of the molecule is COc1ccc2cc([C@H](C)Nc3ccc(C#N)c(C)c3)c(=O)[nH]c2c1Cl. The van der Waals surface area contributed by atoms with Gasteiger partial charge in [-0.15, -0.1) is 0 Å². The maximum absolute atomic E-state index is 12.5. The molecule has 0 aliphatic carbocycles. The van der Waals surface area contributed by atoms with Crippen molar-refractivity contribution in [2.75, 3.05) is 12.4 Å². The predicted molar refractivity (Wildman–Crippen MR) is 104 cm³/mol. The van der Waals surface area contributed by atoms with Crippen molar-refractivity contribution in [1.82, 2.24) is 4.98 Å². The molecule has 3 rings (SSSR count). The molecular formula is C20H18ClN3O2. The van der Waals surface area contributed by atoms with E-state index in [9.17, 15) is 4.79 Å². The minimum Gasteiger partial charge on any atom is -0.495 e. The number of hydrogen-bond donors (Lipinski definition) is 2. The first-order chi connectivity index (χ1) is 12.4. The number of aryl methyl sites for hydroxylation is 1. The van der Waals surface area contributed by atoms with Crippen LogP contribution in [-0.2, 0) is 0 Å². The summed E-state index contributed by atoms with van der Waals surface area (Å²) in [4.78, 5) is 15.4. The number of nitriles is 1. The maximum atomic E-state index is 12.5. The van der Waals surface area contributed by atoms with E-state index < -0.39 is 0 Å². The lowest BCUT2D eigenvalue weighted by atomic mass is 10.1. The first-order valence-electron chi connectivity index (χ1n) is 8.11. The molecule has 6 heteroatoms. The monoisotopic (exact) mass is 367 g/mol. The van der Waals surface area contributed by atoms with E-state index in [0.29, 0.717) is 27.4 Å². The van der Waals surface area contributed by atoms with Crippen LogP contribution in [0.3, 0.4) is 0 Å². The van der Waals surface area contributed by atoms with Crippen LogP contribution in [-0.4, -0.2) is 12.1 Å². The second-order valence-electron chi connectivity index (χ2n) is 6.11. The fourth-order valence-corrected chi connectivity index (χ4v) is 3.22. The van der Waals surface area contributed by atoms with Crippen molar-refractivity contribution < 1.29 is 4.74 Å². The molecule has 26 heavy (non-hydrogen) atoms. The minimum absolute atomic E-state index is 0.210. The van der Waals surface area contributed by atoms with E-state index in [-0.39, 0.29) is 11.6 Å². The van der Waals surface area contributed by atoms with Gasteiger partial charge in [-0.05, 0) is 55.8 Å². The van der Waals surface area contributed by atoms with Crippen molar-refractivity contribution in [3.63, 3.8) is 0 Å². The third-order valence-corrected chi connectivity index (χ3v) is 4.74. The van der Waals surface area contributed by atoms with Gasteiger partial charge in [-0.3, -0.25) is 4.79 Å². The number of ether oxygens (including phenoxy) is 1. The highest BCUT2D eigenvalue weighted by molar-refractivity contribution is 6.36. The first-order valence-corrected chi connectivity index (χ1v) is 8.49. The largest absolute Gasteiger partial charge is 0.495 e. The zero-order valence-corrected chi connectivity index (χ0v) is 15.4. The molecule has 1 aromatic heterocycles. The number of nitrogens with zero attached hydrogens (tertiary/aromatic N) is 1. The Kier molecular flexibility index (Phi) is 4.88. The second kappa shape index (κ2) is 7.11. The van der Waals surface area contributed by atoms with Crippen molar-refractivity contribution in [3.05, 3.63) is 68.5 Å². The van der Waals surface area contributed by atoms with Crippen molar-refractivity contribution in [3.8, 4) is 11.8 Å². The summed E-state index contributed by atoms with van der Waals surface area (Å²) in [5.74, 6) is 0.516. The van der Waals surface area contributed by atoms with Crippen LogP contribution in [0.1, 0.15) is 29.7 Å². The zero-order valence-electron chi connectivity index (χ0n) is 14.7. The Morgan fingerprint density at radius 1 is 1.27 bits per heavy atom. The average Bonchev–Trinajstić information content (AvgIpc) is 2.62. The molecule has 0 aliphatic heterocycles. The Morgan fingerprint density at radius 2 is 2.04 bits per heavy atom. The predicted octanol–water partition coefficient (Wildman–Crippen LogP) is 4.54. The van der Waals surface area contributed by atoms with E-state index in [1.807, 2.05) is 38.1 Å². The van der Waals surface area contributed by atoms with Crippen LogP contribution < -0.4 is 15.6 Å². The standard InChI is InChI=1S/C20H18ClN3O2/c1-11-8-15(6-4-14(11)10-22)23-12(2)16-9-13-5-7-17(26-3)18(21)19(13)24-20(16)25/h4-9,12,23H,1-3H3,(H,24,25)/t12-/m0/s1. The average molecular weight is 368 g/mol. The van der Waals surface area contributed by atoms with Gasteiger partial charge in [0, 0.05) is 16.6 Å². The van der Waals surface area contributed by atoms with E-state index in [0.717, 1.165) is 16.6 Å². The Hall–Kier alpha value is -2.97. The van der Waals surface area contributed by atoms with Crippen LogP contribution in [0.15, 0.2) is 41.2 Å². The minimum atomic E-state index is -0.226. The molecule has 0 saturated carbocycles. The molecule has 5 nitrogen and oxygen atoms in total. The summed E-state index contributed by atoms with van der Waals surface area (Å²) in [5.41, 5.74) is 3.31. The highest BCUT2D eigenvalue weighted by atomic mass is 35.5. The van der Waals surface area contributed by atoms with Crippen LogP contribution in [0.25, 0.3) is 10.9 Å². The van der Waals surface area contributed by atoms with Gasteiger partial charge in [0.25, 0.3) is 5.56 Å². The van der Waals surface area contributed by atoms with Gasteiger partial charge in [0.2, 0.25) is 0 Å². The number of pyridine rings is 1. The van der Waals surface area contributed by atoms with Crippen LogP contribution in [0.5, 0.6) is 5.75 Å². The summed E-state index contributed by atoms with van der Waals surface area (Å²) in [6.07, 6.45) is 0. The van der Waals surface area contributed by atoms with Crippen molar-refractivity contribution in [2.24, 2.45) is 0 Å². The number of anilines is 1. The van der Waals surface area contributed by atoms with Crippen molar-refractivity contribution in [1.29, 1.82) is 5.26 Å². The summed E-state index contributed by atoms with van der Waals surface area (Å²) < 4.78 is 5.19. The lowest BCUT2D eigenvalue weighted by Crippen LogP contribution is -2.19. The van der Waals surface area contributed by atoms with Gasteiger partial charge in [0.05, 0.1) is 30.3 Å². The number of aromatic amines is 1. The number of rotatable bonds is 4. The molecule has 2 aromatic carbocycles. The fourth-order valence-electron chi connectivity index (χ4n) is 2.92. The van der Waals surface area contributed by atoms with E-state index in [1.165, 1.54) is 7.11 Å². The van der Waals surface area contributed by atoms with Crippen LogP contribution in [0.4, 0.5) is 5.69 Å². The number of benzene rings is 2. The highest BCUT2D eigenvalue weighted by Crippen LogP contribution is 2.31. The molecule has 132 valence electrons. The first kappa shape index (κ1) is 17.8. The summed E-state index contributed by atoms with van der Waals surface area (Å²) in [7, 11) is 1.53. The molecule has 0 radical (unpaired) electrons. The molecule has 2 N–H and O–H groups in total. The number of aromatic nitrogens is 1. The molecule has 1 heterocycles. The van der Waals surface area contributed by atoms with Gasteiger partial charge in [-0.25, -0.2) is 0 Å². The molecule has 0 unspecified atom stereocenters. The molecule has 0 aliphatic rings. The quantitative estimate of drug-likeness (QED) is 0.709. The summed E-state index contributed by atoms with van der Waals surface area (Å²) in [6, 6.07) is 12.9. The normalized spacial score (nSPS) is 11.8. The van der Waals surface area contributed by atoms with Gasteiger partial charge in [0.15, 0.2) is 0 Å². The second-order valence-corrected chi connectivity index (χ2v) is 6.49. The number of hydrogen-bond acceptors (Lipinski definition) is 4. The Bertz CT molecular complexity index is 1080. The van der Waals surface area contributed by atoms with Gasteiger partial charge in [0.1, 0.15) is 10.8 Å². The Balaban J connectivity index is 1.97. The molecule has 0 spiro atoms. The van der Waals surface area contributed by atoms with Crippen LogP contribution in [0.2, 0.25) is 5.02 Å². The summed E-state index contributed by atoms with van der Waals surface area (Å²) in [6.45, 7) is 3.79.